The number of aromatic hydroxyl groups is 2. The van der Waals surface area contributed by atoms with E-state index in [1.54, 1.807) is 0 Å². The van der Waals surface area contributed by atoms with E-state index in [-0.39, 0.29) is 0 Å². The molecule has 6 heteroatoms. The van der Waals surface area contributed by atoms with Gasteiger partial charge in [0.1, 0.15) is 22.6 Å². The van der Waals surface area contributed by atoms with E-state index in [0.717, 1.165) is 26.4 Å². The lowest BCUT2D eigenvalue weighted by Crippen LogP contribution is -2.12. The standard InChI is InChI=1S/C10H10O6/c1-15-9(13)7-5(11)3-4-6(12)8(7)10(14)16-2/h3-4,11-12H,1-2H3. The lowest BCUT2D eigenvalue weighted by Gasteiger charge is -2.09. The maximum Gasteiger partial charge on any atom is 0.342 e. The third-order valence-electron chi connectivity index (χ3n) is 1.94. The van der Waals surface area contributed by atoms with Gasteiger partial charge in [-0.25, -0.2) is 9.59 Å². The van der Waals surface area contributed by atoms with Crippen molar-refractivity contribution in [2.75, 3.05) is 14.2 Å². The minimum absolute atomic E-state index is 0.422. The fourth-order valence-electron chi connectivity index (χ4n) is 1.20. The molecule has 0 aliphatic heterocycles. The molecule has 0 atom stereocenters. The zero-order valence-electron chi connectivity index (χ0n) is 8.68. The van der Waals surface area contributed by atoms with Gasteiger partial charge in [-0.15, -0.1) is 0 Å². The summed E-state index contributed by atoms with van der Waals surface area (Å²) in [6, 6.07) is 2.15. The Morgan fingerprint density at radius 2 is 1.25 bits per heavy atom. The lowest BCUT2D eigenvalue weighted by molar-refractivity contribution is 0.0549. The van der Waals surface area contributed by atoms with Gasteiger partial charge < -0.3 is 19.7 Å². The monoisotopic (exact) mass is 226 g/mol. The van der Waals surface area contributed by atoms with Gasteiger partial charge in [0.25, 0.3) is 0 Å². The van der Waals surface area contributed by atoms with E-state index in [9.17, 15) is 19.8 Å². The molecule has 0 fully saturated rings. The summed E-state index contributed by atoms with van der Waals surface area (Å²) in [5, 5.41) is 18.9. The van der Waals surface area contributed by atoms with Crippen molar-refractivity contribution in [1.29, 1.82) is 0 Å². The molecule has 0 bridgehead atoms. The number of phenols is 2. The zero-order chi connectivity index (χ0) is 12.3. The third-order valence-corrected chi connectivity index (χ3v) is 1.94. The van der Waals surface area contributed by atoms with E-state index in [2.05, 4.69) is 9.47 Å². The highest BCUT2D eigenvalue weighted by atomic mass is 16.5. The van der Waals surface area contributed by atoms with E-state index in [1.165, 1.54) is 0 Å². The summed E-state index contributed by atoms with van der Waals surface area (Å²) in [6.45, 7) is 0. The van der Waals surface area contributed by atoms with Crippen molar-refractivity contribution in [3.05, 3.63) is 23.3 Å². The molecular weight excluding hydrogens is 216 g/mol. The minimum Gasteiger partial charge on any atom is -0.507 e. The molecule has 0 saturated carbocycles. The summed E-state index contributed by atoms with van der Waals surface area (Å²) < 4.78 is 8.78. The summed E-state index contributed by atoms with van der Waals surface area (Å²) in [6.07, 6.45) is 0. The molecule has 0 unspecified atom stereocenters. The lowest BCUT2D eigenvalue weighted by atomic mass is 10.1. The summed E-state index contributed by atoms with van der Waals surface area (Å²) in [4.78, 5) is 22.7. The first-order valence-corrected chi connectivity index (χ1v) is 4.24. The number of esters is 2. The first-order chi connectivity index (χ1) is 7.52. The Labute approximate surface area is 91.0 Å². The number of rotatable bonds is 2. The molecule has 0 aromatic heterocycles. The quantitative estimate of drug-likeness (QED) is 0.568. The molecule has 0 aliphatic carbocycles. The predicted molar refractivity (Wildman–Crippen MR) is 52.5 cm³/mol. The molecule has 86 valence electrons. The van der Waals surface area contributed by atoms with E-state index in [1.807, 2.05) is 0 Å². The second kappa shape index (κ2) is 4.52. The van der Waals surface area contributed by atoms with Gasteiger partial charge in [0, 0.05) is 0 Å². The smallest absolute Gasteiger partial charge is 0.342 e. The average Bonchev–Trinajstić information content (AvgIpc) is 2.29. The zero-order valence-corrected chi connectivity index (χ0v) is 8.68. The van der Waals surface area contributed by atoms with Crippen LogP contribution in [0, 0.1) is 0 Å². The SMILES string of the molecule is COC(=O)c1c(O)ccc(O)c1C(=O)OC. The van der Waals surface area contributed by atoms with Gasteiger partial charge >= 0.3 is 11.9 Å². The van der Waals surface area contributed by atoms with Gasteiger partial charge in [-0.05, 0) is 12.1 Å². The molecular formula is C10H10O6. The number of ether oxygens (including phenoxy) is 2. The van der Waals surface area contributed by atoms with Crippen LogP contribution in [0.2, 0.25) is 0 Å². The highest BCUT2D eigenvalue weighted by Crippen LogP contribution is 2.30. The summed E-state index contributed by atoms with van der Waals surface area (Å²) >= 11 is 0. The van der Waals surface area contributed by atoms with Gasteiger partial charge in [-0.1, -0.05) is 0 Å². The van der Waals surface area contributed by atoms with Crippen molar-refractivity contribution in [2.24, 2.45) is 0 Å². The number of carbonyl (C=O) groups is 2. The Morgan fingerprint density at radius 1 is 0.938 bits per heavy atom. The Hall–Kier alpha value is -2.24. The van der Waals surface area contributed by atoms with Crippen LogP contribution in [-0.2, 0) is 9.47 Å². The number of phenolic OH excluding ortho intramolecular Hbond substituents is 2. The number of benzene rings is 1. The normalized spacial score (nSPS) is 9.62. The van der Waals surface area contributed by atoms with Crippen LogP contribution in [0.1, 0.15) is 20.7 Å². The first kappa shape index (κ1) is 11.8. The van der Waals surface area contributed by atoms with Crippen LogP contribution in [0.3, 0.4) is 0 Å². The van der Waals surface area contributed by atoms with E-state index in [0.29, 0.717) is 0 Å². The molecule has 0 saturated heterocycles. The van der Waals surface area contributed by atoms with Crippen LogP contribution in [-0.4, -0.2) is 36.4 Å². The maximum absolute atomic E-state index is 11.3. The Morgan fingerprint density at radius 3 is 1.50 bits per heavy atom. The van der Waals surface area contributed by atoms with Crippen LogP contribution >= 0.6 is 0 Å². The van der Waals surface area contributed by atoms with Crippen molar-refractivity contribution >= 4 is 11.9 Å². The number of methoxy groups -OCH3 is 2. The Kier molecular flexibility index (Phi) is 3.34. The van der Waals surface area contributed by atoms with Gasteiger partial charge in [-0.2, -0.15) is 0 Å². The van der Waals surface area contributed by atoms with Crippen LogP contribution in [0.15, 0.2) is 12.1 Å². The predicted octanol–water partition coefficient (Wildman–Crippen LogP) is 0.671. The minimum atomic E-state index is -0.936. The molecule has 0 radical (unpaired) electrons. The van der Waals surface area contributed by atoms with Crippen LogP contribution in [0.4, 0.5) is 0 Å². The molecule has 0 spiro atoms. The largest absolute Gasteiger partial charge is 0.507 e. The van der Waals surface area contributed by atoms with Crippen LogP contribution in [0.5, 0.6) is 11.5 Å². The summed E-state index contributed by atoms with van der Waals surface area (Å²) in [5.41, 5.74) is -0.844. The van der Waals surface area contributed by atoms with Crippen LogP contribution in [0.25, 0.3) is 0 Å². The van der Waals surface area contributed by atoms with Crippen molar-refractivity contribution < 1.29 is 29.3 Å². The Balaban J connectivity index is 3.49. The third kappa shape index (κ3) is 1.90. The van der Waals surface area contributed by atoms with Gasteiger partial charge in [0.15, 0.2) is 0 Å². The van der Waals surface area contributed by atoms with Crippen molar-refractivity contribution in [2.45, 2.75) is 0 Å². The van der Waals surface area contributed by atoms with E-state index in [4.69, 9.17) is 0 Å². The molecule has 0 aliphatic rings. The summed E-state index contributed by atoms with van der Waals surface area (Å²) in [7, 11) is 2.18. The number of hydrogen-bond donors (Lipinski definition) is 2. The van der Waals surface area contributed by atoms with E-state index >= 15 is 0 Å². The first-order valence-electron chi connectivity index (χ1n) is 4.24. The fourth-order valence-corrected chi connectivity index (χ4v) is 1.20. The van der Waals surface area contributed by atoms with Gasteiger partial charge in [-0.3, -0.25) is 0 Å². The molecule has 1 rings (SSSR count). The number of hydrogen-bond acceptors (Lipinski definition) is 6. The van der Waals surface area contributed by atoms with Crippen molar-refractivity contribution in [1.82, 2.24) is 0 Å². The molecule has 1 aromatic carbocycles. The highest BCUT2D eigenvalue weighted by molar-refractivity contribution is 6.06. The van der Waals surface area contributed by atoms with Crippen molar-refractivity contribution in [3.63, 3.8) is 0 Å². The van der Waals surface area contributed by atoms with Gasteiger partial charge in [0.05, 0.1) is 14.2 Å². The van der Waals surface area contributed by atoms with Crippen molar-refractivity contribution in [3.8, 4) is 11.5 Å². The average molecular weight is 226 g/mol. The molecule has 6 nitrogen and oxygen atoms in total. The Bertz CT molecular complexity index is 396. The summed E-state index contributed by atoms with van der Waals surface area (Å²) in [5.74, 6) is -2.81. The maximum atomic E-state index is 11.3. The number of carbonyl (C=O) groups excluding carboxylic acids is 2. The molecule has 0 heterocycles. The molecule has 0 amide bonds. The highest BCUT2D eigenvalue weighted by Gasteiger charge is 2.25. The second-order valence-electron chi connectivity index (χ2n) is 2.84. The molecule has 16 heavy (non-hydrogen) atoms. The van der Waals surface area contributed by atoms with Gasteiger partial charge in [0.2, 0.25) is 0 Å². The topological polar surface area (TPSA) is 93.1 Å². The van der Waals surface area contributed by atoms with E-state index < -0.39 is 34.6 Å². The second-order valence-corrected chi connectivity index (χ2v) is 2.84. The molecule has 1 aromatic rings. The van der Waals surface area contributed by atoms with Crippen LogP contribution < -0.4 is 0 Å². The fraction of sp³-hybridized carbons (Fsp3) is 0.200. The molecule has 2 N–H and O–H groups in total.